The zero-order valence-electron chi connectivity index (χ0n) is 17.2. The molecule has 0 amide bonds. The van der Waals surface area contributed by atoms with Crippen molar-refractivity contribution in [2.24, 2.45) is 28.6 Å². The highest BCUT2D eigenvalue weighted by Gasteiger charge is 2.41. The van der Waals surface area contributed by atoms with Gasteiger partial charge in [-0.3, -0.25) is 14.4 Å². The molecule has 0 aliphatic heterocycles. The van der Waals surface area contributed by atoms with Crippen LogP contribution in [0, 0.1) is 28.6 Å². The molecule has 0 heterocycles. The maximum atomic E-state index is 12.6. The van der Waals surface area contributed by atoms with E-state index in [1.165, 1.54) is 12.2 Å². The van der Waals surface area contributed by atoms with E-state index in [4.69, 9.17) is 9.47 Å². The number of ether oxygens (including phenoxy) is 2. The molecule has 1 aliphatic rings. The summed E-state index contributed by atoms with van der Waals surface area (Å²) in [5.41, 5.74) is -0.662. The van der Waals surface area contributed by atoms with E-state index in [0.29, 0.717) is 6.42 Å². The summed E-state index contributed by atoms with van der Waals surface area (Å²) in [5.74, 6) is -3.75. The zero-order chi connectivity index (χ0) is 20.8. The van der Waals surface area contributed by atoms with Gasteiger partial charge in [-0.15, -0.1) is 0 Å². The average molecular weight is 380 g/mol. The van der Waals surface area contributed by atoms with Gasteiger partial charge in [-0.2, -0.15) is 0 Å². The number of hydrogen-bond donors (Lipinski definition) is 1. The fourth-order valence-corrected chi connectivity index (χ4v) is 3.22. The van der Waals surface area contributed by atoms with Crippen LogP contribution < -0.4 is 0 Å². The molecule has 0 radical (unpaired) electrons. The van der Waals surface area contributed by atoms with E-state index in [9.17, 15) is 19.5 Å². The Morgan fingerprint density at radius 1 is 0.963 bits per heavy atom. The van der Waals surface area contributed by atoms with Crippen molar-refractivity contribution >= 4 is 17.9 Å². The molecular weight excluding hydrogens is 348 g/mol. The van der Waals surface area contributed by atoms with Crippen LogP contribution in [0.1, 0.15) is 48.0 Å². The predicted molar refractivity (Wildman–Crippen MR) is 102 cm³/mol. The summed E-state index contributed by atoms with van der Waals surface area (Å²) in [6.07, 6.45) is 6.84. The number of hydrogen-bond acceptors (Lipinski definition) is 5. The number of rotatable bonds is 8. The van der Waals surface area contributed by atoms with Gasteiger partial charge < -0.3 is 14.6 Å². The van der Waals surface area contributed by atoms with Crippen LogP contribution in [0.25, 0.3) is 0 Å². The second-order valence-corrected chi connectivity index (χ2v) is 8.77. The number of carbonyl (C=O) groups is 3. The lowest BCUT2D eigenvalue weighted by Crippen LogP contribution is -2.39. The maximum absolute atomic E-state index is 12.6. The highest BCUT2D eigenvalue weighted by Crippen LogP contribution is 2.40. The number of carbonyl (C=O) groups excluding carboxylic acids is 2. The van der Waals surface area contributed by atoms with Crippen LogP contribution in [-0.2, 0) is 23.9 Å². The maximum Gasteiger partial charge on any atom is 0.314 e. The van der Waals surface area contributed by atoms with Crippen molar-refractivity contribution in [1.29, 1.82) is 0 Å². The van der Waals surface area contributed by atoms with E-state index in [1.807, 2.05) is 20.8 Å². The molecular formula is C21H32O6. The van der Waals surface area contributed by atoms with Gasteiger partial charge in [-0.05, 0) is 24.7 Å². The lowest BCUT2D eigenvalue weighted by atomic mass is 9.69. The van der Waals surface area contributed by atoms with E-state index in [1.54, 1.807) is 12.2 Å². The van der Waals surface area contributed by atoms with Crippen molar-refractivity contribution in [3.05, 3.63) is 24.3 Å². The molecule has 152 valence electrons. The smallest absolute Gasteiger partial charge is 0.314 e. The molecule has 0 spiro atoms. The molecule has 0 fully saturated rings. The Balaban J connectivity index is 2.56. The van der Waals surface area contributed by atoms with Crippen LogP contribution in [0.5, 0.6) is 0 Å². The summed E-state index contributed by atoms with van der Waals surface area (Å²) >= 11 is 0. The lowest BCUT2D eigenvalue weighted by Gasteiger charge is -2.36. The molecule has 0 aromatic carbocycles. The first-order valence-electron chi connectivity index (χ1n) is 9.30. The zero-order valence-corrected chi connectivity index (χ0v) is 17.2. The largest absolute Gasteiger partial charge is 0.481 e. The first kappa shape index (κ1) is 22.9. The summed E-state index contributed by atoms with van der Waals surface area (Å²) < 4.78 is 10.5. The number of aliphatic carboxylic acids is 1. The molecule has 3 unspecified atom stereocenters. The molecule has 1 rings (SSSR count). The molecule has 0 aromatic heterocycles. The van der Waals surface area contributed by atoms with Gasteiger partial charge in [0.2, 0.25) is 0 Å². The first-order valence-corrected chi connectivity index (χ1v) is 9.30. The number of carboxylic acids is 1. The van der Waals surface area contributed by atoms with E-state index >= 15 is 0 Å². The Hall–Kier alpha value is -2.11. The Labute approximate surface area is 161 Å². The highest BCUT2D eigenvalue weighted by atomic mass is 16.6. The number of allylic oxidation sites excluding steroid dienone is 2. The Bertz CT molecular complexity index is 611. The molecule has 6 nitrogen and oxygen atoms in total. The normalized spacial score (nSPS) is 21.6. The number of carboxylic acid groups (broad SMARTS) is 1. The van der Waals surface area contributed by atoms with Crippen LogP contribution in [0.3, 0.4) is 0 Å². The molecule has 0 saturated heterocycles. The molecule has 3 atom stereocenters. The van der Waals surface area contributed by atoms with Gasteiger partial charge >= 0.3 is 17.9 Å². The van der Waals surface area contributed by atoms with Crippen LogP contribution in [0.2, 0.25) is 0 Å². The Kier molecular flexibility index (Phi) is 7.81. The van der Waals surface area contributed by atoms with Crippen molar-refractivity contribution in [3.63, 3.8) is 0 Å². The Morgan fingerprint density at radius 2 is 1.48 bits per heavy atom. The Morgan fingerprint density at radius 3 is 1.96 bits per heavy atom. The van der Waals surface area contributed by atoms with Gasteiger partial charge in [0.05, 0.1) is 17.3 Å². The van der Waals surface area contributed by atoms with Gasteiger partial charge in [-0.25, -0.2) is 0 Å². The summed E-state index contributed by atoms with van der Waals surface area (Å²) in [6, 6.07) is 0. The van der Waals surface area contributed by atoms with Crippen LogP contribution in [0.4, 0.5) is 0 Å². The summed E-state index contributed by atoms with van der Waals surface area (Å²) in [4.78, 5) is 36.0. The molecule has 1 aliphatic carbocycles. The highest BCUT2D eigenvalue weighted by molar-refractivity contribution is 5.84. The van der Waals surface area contributed by atoms with Crippen LogP contribution >= 0.6 is 0 Å². The van der Waals surface area contributed by atoms with Gasteiger partial charge in [0.25, 0.3) is 0 Å². The molecule has 0 aromatic rings. The van der Waals surface area contributed by atoms with Crippen LogP contribution in [0.15, 0.2) is 24.3 Å². The first-order chi connectivity index (χ1) is 12.4. The molecule has 0 saturated carbocycles. The van der Waals surface area contributed by atoms with E-state index in [-0.39, 0.29) is 30.5 Å². The molecule has 0 bridgehead atoms. The third-order valence-corrected chi connectivity index (χ3v) is 4.89. The van der Waals surface area contributed by atoms with Crippen molar-refractivity contribution < 1.29 is 29.0 Å². The monoisotopic (exact) mass is 380 g/mol. The summed E-state index contributed by atoms with van der Waals surface area (Å²) in [5, 5.41) is 9.17. The third kappa shape index (κ3) is 6.52. The fraction of sp³-hybridized carbons (Fsp3) is 0.667. The second kappa shape index (κ2) is 9.20. The summed E-state index contributed by atoms with van der Waals surface area (Å²) in [6.45, 7) is 11.9. The number of esters is 2. The molecule has 6 heteroatoms. The van der Waals surface area contributed by atoms with Gasteiger partial charge in [0, 0.05) is 0 Å². The SMILES string of the molecule is CC(C)C(C)(CC(C)(C)C)C(=O)OCCOC(=O)C1C=CC=CC1C(=O)O. The van der Waals surface area contributed by atoms with Gasteiger partial charge in [0.1, 0.15) is 13.2 Å². The molecule has 27 heavy (non-hydrogen) atoms. The van der Waals surface area contributed by atoms with E-state index in [2.05, 4.69) is 20.8 Å². The van der Waals surface area contributed by atoms with Crippen molar-refractivity contribution in [3.8, 4) is 0 Å². The van der Waals surface area contributed by atoms with Gasteiger partial charge in [-0.1, -0.05) is 58.9 Å². The van der Waals surface area contributed by atoms with E-state index in [0.717, 1.165) is 0 Å². The summed E-state index contributed by atoms with van der Waals surface area (Å²) in [7, 11) is 0. The minimum atomic E-state index is -1.08. The lowest BCUT2D eigenvalue weighted by molar-refractivity contribution is -0.165. The van der Waals surface area contributed by atoms with E-state index < -0.39 is 29.2 Å². The standard InChI is InChI=1S/C21H32O6/c1-14(2)21(6,13-20(3,4)5)19(25)27-12-11-26-18(24)16-10-8-7-9-15(16)17(22)23/h7-10,14-16H,11-13H2,1-6H3,(H,22,23). The van der Waals surface area contributed by atoms with Crippen molar-refractivity contribution in [2.45, 2.75) is 48.0 Å². The van der Waals surface area contributed by atoms with Crippen molar-refractivity contribution in [2.75, 3.05) is 13.2 Å². The second-order valence-electron chi connectivity index (χ2n) is 8.77. The van der Waals surface area contributed by atoms with Crippen LogP contribution in [-0.4, -0.2) is 36.2 Å². The topological polar surface area (TPSA) is 89.9 Å². The third-order valence-electron chi connectivity index (χ3n) is 4.89. The van der Waals surface area contributed by atoms with Gasteiger partial charge in [0.15, 0.2) is 0 Å². The predicted octanol–water partition coefficient (Wildman–Crippen LogP) is 3.61. The van der Waals surface area contributed by atoms with Crippen molar-refractivity contribution in [1.82, 2.24) is 0 Å². The quantitative estimate of drug-likeness (QED) is 0.511. The minimum Gasteiger partial charge on any atom is -0.481 e. The molecule has 1 N–H and O–H groups in total. The minimum absolute atomic E-state index is 0.0306. The average Bonchev–Trinajstić information content (AvgIpc) is 2.56. The fourth-order valence-electron chi connectivity index (χ4n) is 3.22.